The highest BCUT2D eigenvalue weighted by molar-refractivity contribution is 5.34. The van der Waals surface area contributed by atoms with Crippen LogP contribution in [0, 0.1) is 0 Å². The second-order valence-electron chi connectivity index (χ2n) is 5.01. The normalized spacial score (nSPS) is 20.2. The van der Waals surface area contributed by atoms with Gasteiger partial charge in [0.2, 0.25) is 0 Å². The molecule has 2 heteroatoms. The molecular formula is C14H20N2. The third kappa shape index (κ3) is 2.13. The number of rotatable bonds is 3. The smallest absolute Gasteiger partial charge is 0.0212 e. The van der Waals surface area contributed by atoms with Crippen molar-refractivity contribution in [3.63, 3.8) is 0 Å². The maximum Gasteiger partial charge on any atom is 0.0212 e. The molecule has 2 aliphatic rings. The Bertz CT molecular complexity index is 367. The van der Waals surface area contributed by atoms with Gasteiger partial charge in [-0.15, -0.1) is 0 Å². The molecule has 1 fully saturated rings. The summed E-state index contributed by atoms with van der Waals surface area (Å²) in [5.74, 6) is 0. The first-order valence-electron chi connectivity index (χ1n) is 6.45. The predicted octanol–water partition coefficient (Wildman–Crippen LogP) is 1.93. The Labute approximate surface area is 97.6 Å². The van der Waals surface area contributed by atoms with Crippen LogP contribution in [0.2, 0.25) is 0 Å². The highest BCUT2D eigenvalue weighted by atomic mass is 15.1. The third-order valence-electron chi connectivity index (χ3n) is 3.82. The van der Waals surface area contributed by atoms with Crippen LogP contribution < -0.4 is 5.32 Å². The fraction of sp³-hybridized carbons (Fsp3) is 0.571. The zero-order valence-electron chi connectivity index (χ0n) is 9.84. The van der Waals surface area contributed by atoms with E-state index in [1.54, 1.807) is 0 Å². The average Bonchev–Trinajstić information content (AvgIpc) is 2.97. The fourth-order valence-electron chi connectivity index (χ4n) is 2.80. The van der Waals surface area contributed by atoms with Crippen LogP contribution in [-0.2, 0) is 19.5 Å². The molecule has 2 nitrogen and oxygen atoms in total. The van der Waals surface area contributed by atoms with E-state index in [9.17, 15) is 0 Å². The predicted molar refractivity (Wildman–Crippen MR) is 66.4 cm³/mol. The molecule has 0 aromatic heterocycles. The van der Waals surface area contributed by atoms with Crippen molar-refractivity contribution in [2.24, 2.45) is 0 Å². The van der Waals surface area contributed by atoms with Crippen LogP contribution >= 0.6 is 0 Å². The van der Waals surface area contributed by atoms with Crippen molar-refractivity contribution in [3.8, 4) is 0 Å². The summed E-state index contributed by atoms with van der Waals surface area (Å²) < 4.78 is 0. The molecule has 0 unspecified atom stereocenters. The van der Waals surface area contributed by atoms with Gasteiger partial charge in [0.15, 0.2) is 0 Å². The van der Waals surface area contributed by atoms with Gasteiger partial charge in [0.25, 0.3) is 0 Å². The van der Waals surface area contributed by atoms with Crippen molar-refractivity contribution in [1.82, 2.24) is 10.2 Å². The number of nitrogens with zero attached hydrogens (tertiary/aromatic N) is 1. The van der Waals surface area contributed by atoms with Crippen LogP contribution in [-0.4, -0.2) is 24.5 Å². The summed E-state index contributed by atoms with van der Waals surface area (Å²) in [6.45, 7) is 5.99. The van der Waals surface area contributed by atoms with Gasteiger partial charge in [0, 0.05) is 19.6 Å². The van der Waals surface area contributed by atoms with E-state index in [1.807, 2.05) is 0 Å². The van der Waals surface area contributed by atoms with E-state index < -0.39 is 0 Å². The van der Waals surface area contributed by atoms with Crippen LogP contribution in [0.5, 0.6) is 0 Å². The lowest BCUT2D eigenvalue weighted by Crippen LogP contribution is -2.21. The summed E-state index contributed by atoms with van der Waals surface area (Å²) in [6.07, 6.45) is 4.01. The number of hydrogen-bond acceptors (Lipinski definition) is 2. The molecular weight excluding hydrogens is 196 g/mol. The van der Waals surface area contributed by atoms with Gasteiger partial charge >= 0.3 is 0 Å². The molecule has 0 spiro atoms. The summed E-state index contributed by atoms with van der Waals surface area (Å²) in [4.78, 5) is 2.59. The summed E-state index contributed by atoms with van der Waals surface area (Å²) in [6, 6.07) is 7.00. The number of hydrogen-bond donors (Lipinski definition) is 1. The molecule has 1 N–H and O–H groups in total. The first-order valence-corrected chi connectivity index (χ1v) is 6.45. The molecule has 0 aliphatic carbocycles. The molecule has 1 aromatic rings. The Morgan fingerprint density at radius 2 is 1.88 bits per heavy atom. The van der Waals surface area contributed by atoms with Crippen LogP contribution in [0.25, 0.3) is 0 Å². The van der Waals surface area contributed by atoms with Gasteiger partial charge in [0.05, 0.1) is 0 Å². The van der Waals surface area contributed by atoms with Crippen molar-refractivity contribution in [1.29, 1.82) is 0 Å². The lowest BCUT2D eigenvalue weighted by molar-refractivity contribution is 0.343. The molecule has 2 aliphatic heterocycles. The number of benzene rings is 1. The second-order valence-corrected chi connectivity index (χ2v) is 5.01. The Hall–Kier alpha value is -0.860. The molecule has 0 amide bonds. The molecule has 1 aromatic carbocycles. The van der Waals surface area contributed by atoms with Gasteiger partial charge in [-0.1, -0.05) is 18.2 Å². The first-order chi connectivity index (χ1) is 7.92. The quantitative estimate of drug-likeness (QED) is 0.830. The van der Waals surface area contributed by atoms with Gasteiger partial charge < -0.3 is 10.2 Å². The highest BCUT2D eigenvalue weighted by Crippen LogP contribution is 2.18. The topological polar surface area (TPSA) is 15.3 Å². The maximum absolute atomic E-state index is 3.40. The Morgan fingerprint density at radius 3 is 2.75 bits per heavy atom. The van der Waals surface area contributed by atoms with E-state index in [1.165, 1.54) is 55.6 Å². The van der Waals surface area contributed by atoms with Crippen LogP contribution in [0.4, 0.5) is 0 Å². The number of nitrogens with one attached hydrogen (secondary N) is 1. The van der Waals surface area contributed by atoms with Gasteiger partial charge in [0.1, 0.15) is 0 Å². The largest absolute Gasteiger partial charge is 0.309 e. The van der Waals surface area contributed by atoms with E-state index in [-0.39, 0.29) is 0 Å². The van der Waals surface area contributed by atoms with Crippen molar-refractivity contribution < 1.29 is 0 Å². The average molecular weight is 216 g/mol. The maximum atomic E-state index is 3.40. The monoisotopic (exact) mass is 216 g/mol. The lowest BCUT2D eigenvalue weighted by Gasteiger charge is -2.14. The molecule has 0 bridgehead atoms. The molecule has 16 heavy (non-hydrogen) atoms. The molecule has 0 radical (unpaired) electrons. The first kappa shape index (κ1) is 10.3. The lowest BCUT2D eigenvalue weighted by atomic mass is 10.0. The van der Waals surface area contributed by atoms with Gasteiger partial charge in [-0.25, -0.2) is 0 Å². The van der Waals surface area contributed by atoms with Crippen molar-refractivity contribution in [3.05, 3.63) is 34.9 Å². The van der Waals surface area contributed by atoms with Crippen molar-refractivity contribution >= 4 is 0 Å². The summed E-state index contributed by atoms with van der Waals surface area (Å²) in [7, 11) is 0. The van der Waals surface area contributed by atoms with E-state index in [0.717, 1.165) is 13.1 Å². The van der Waals surface area contributed by atoms with Crippen LogP contribution in [0.1, 0.15) is 29.5 Å². The third-order valence-corrected chi connectivity index (χ3v) is 3.82. The Kier molecular flexibility index (Phi) is 2.94. The molecule has 1 saturated heterocycles. The minimum Gasteiger partial charge on any atom is -0.309 e. The number of fused-ring (bicyclic) bond motifs is 1. The zero-order chi connectivity index (χ0) is 10.8. The van der Waals surface area contributed by atoms with Gasteiger partial charge in [-0.3, -0.25) is 0 Å². The van der Waals surface area contributed by atoms with Crippen LogP contribution in [0.3, 0.4) is 0 Å². The fourth-order valence-corrected chi connectivity index (χ4v) is 2.80. The molecule has 0 saturated carbocycles. The summed E-state index contributed by atoms with van der Waals surface area (Å²) in [5, 5.41) is 3.40. The van der Waals surface area contributed by atoms with Crippen molar-refractivity contribution in [2.45, 2.75) is 32.4 Å². The van der Waals surface area contributed by atoms with E-state index in [0.29, 0.717) is 0 Å². The Morgan fingerprint density at radius 1 is 1.06 bits per heavy atom. The Balaban J connectivity index is 1.61. The minimum atomic E-state index is 1.06. The summed E-state index contributed by atoms with van der Waals surface area (Å²) >= 11 is 0. The highest BCUT2D eigenvalue weighted by Gasteiger charge is 2.12. The van der Waals surface area contributed by atoms with Crippen molar-refractivity contribution in [2.75, 3.05) is 19.6 Å². The molecule has 3 rings (SSSR count). The van der Waals surface area contributed by atoms with Crippen LogP contribution in [0.15, 0.2) is 18.2 Å². The second kappa shape index (κ2) is 4.56. The van der Waals surface area contributed by atoms with Gasteiger partial charge in [-0.2, -0.15) is 0 Å². The van der Waals surface area contributed by atoms with E-state index in [2.05, 4.69) is 28.4 Å². The SMILES string of the molecule is c1cc2c(cc1CCN1CCCC1)CNC2. The zero-order valence-corrected chi connectivity index (χ0v) is 9.84. The van der Waals surface area contributed by atoms with E-state index >= 15 is 0 Å². The van der Waals surface area contributed by atoms with Gasteiger partial charge in [-0.05, 0) is 49.0 Å². The summed E-state index contributed by atoms with van der Waals surface area (Å²) in [5.41, 5.74) is 4.51. The standard InChI is InChI=1S/C14H20N2/c1-2-7-16(6-1)8-5-12-3-4-13-10-15-11-14(13)9-12/h3-4,9,15H,1-2,5-8,10-11H2. The number of likely N-dealkylation sites (tertiary alicyclic amines) is 1. The minimum absolute atomic E-state index is 1.06. The molecule has 2 heterocycles. The van der Waals surface area contributed by atoms with E-state index in [4.69, 9.17) is 0 Å². The molecule has 86 valence electrons. The molecule has 0 atom stereocenters.